The third-order valence-corrected chi connectivity index (χ3v) is 6.92. The van der Waals surface area contributed by atoms with Gasteiger partial charge in [0.1, 0.15) is 0 Å². The van der Waals surface area contributed by atoms with E-state index < -0.39 is 17.5 Å². The molecule has 0 radical (unpaired) electrons. The molecule has 4 rings (SSSR count). The summed E-state index contributed by atoms with van der Waals surface area (Å²) in [7, 11) is 0. The van der Waals surface area contributed by atoms with Crippen LogP contribution in [0, 0.1) is 23.4 Å². The van der Waals surface area contributed by atoms with Gasteiger partial charge < -0.3 is 0 Å². The summed E-state index contributed by atoms with van der Waals surface area (Å²) in [5.41, 5.74) is 3.31. The van der Waals surface area contributed by atoms with Crippen LogP contribution in [0.4, 0.5) is 13.2 Å². The Morgan fingerprint density at radius 3 is 2.00 bits per heavy atom. The molecule has 0 saturated heterocycles. The number of rotatable bonds is 8. The Kier molecular flexibility index (Phi) is 7.79. The first-order valence-electron chi connectivity index (χ1n) is 12.1. The first-order chi connectivity index (χ1) is 16.0. The highest BCUT2D eigenvalue weighted by atomic mass is 19.2. The van der Waals surface area contributed by atoms with Gasteiger partial charge in [-0.25, -0.2) is 23.1 Å². The molecule has 0 amide bonds. The van der Waals surface area contributed by atoms with Crippen molar-refractivity contribution in [2.75, 3.05) is 0 Å². The zero-order valence-corrected chi connectivity index (χ0v) is 19.2. The predicted octanol–water partition coefficient (Wildman–Crippen LogP) is 8.47. The third kappa shape index (κ3) is 5.82. The molecule has 3 aromatic rings. The van der Waals surface area contributed by atoms with Gasteiger partial charge in [-0.2, -0.15) is 0 Å². The summed E-state index contributed by atoms with van der Waals surface area (Å²) >= 11 is 0. The molecule has 1 aliphatic carbocycles. The smallest absolute Gasteiger partial charge is 0.194 e. The Morgan fingerprint density at radius 1 is 0.758 bits per heavy atom. The minimum Gasteiger partial charge on any atom is -0.236 e. The third-order valence-electron chi connectivity index (χ3n) is 6.92. The van der Waals surface area contributed by atoms with Crippen LogP contribution in [0.5, 0.6) is 0 Å². The summed E-state index contributed by atoms with van der Waals surface area (Å²) in [6, 6.07) is 10.4. The van der Waals surface area contributed by atoms with Crippen LogP contribution < -0.4 is 0 Å². The maximum atomic E-state index is 13.5. The van der Waals surface area contributed by atoms with Crippen LogP contribution in [0.1, 0.15) is 76.2 Å². The zero-order valence-electron chi connectivity index (χ0n) is 19.2. The molecule has 2 nitrogen and oxygen atoms in total. The van der Waals surface area contributed by atoms with Gasteiger partial charge in [-0.05, 0) is 60.8 Å². The highest BCUT2D eigenvalue weighted by molar-refractivity contribution is 5.64. The van der Waals surface area contributed by atoms with Crippen LogP contribution in [0.3, 0.4) is 0 Å². The molecule has 174 valence electrons. The molecule has 0 bridgehead atoms. The number of benzene rings is 2. The first kappa shape index (κ1) is 23.5. The van der Waals surface area contributed by atoms with E-state index >= 15 is 0 Å². The summed E-state index contributed by atoms with van der Waals surface area (Å²) in [4.78, 5) is 8.45. The monoisotopic (exact) mass is 452 g/mol. The van der Waals surface area contributed by atoms with E-state index in [4.69, 9.17) is 0 Å². The number of nitrogens with zero attached hydrogens (tertiary/aromatic N) is 2. The fourth-order valence-corrected chi connectivity index (χ4v) is 4.90. The van der Waals surface area contributed by atoms with Gasteiger partial charge in [0.15, 0.2) is 23.3 Å². The van der Waals surface area contributed by atoms with Gasteiger partial charge in [0, 0.05) is 23.5 Å². The maximum absolute atomic E-state index is 13.5. The fraction of sp³-hybridized carbons (Fsp3) is 0.429. The van der Waals surface area contributed by atoms with Crippen LogP contribution in [0.15, 0.2) is 48.8 Å². The first-order valence-corrected chi connectivity index (χ1v) is 12.1. The number of hydrogen-bond donors (Lipinski definition) is 0. The van der Waals surface area contributed by atoms with Crippen LogP contribution in [0.2, 0.25) is 0 Å². The normalized spacial score (nSPS) is 18.4. The van der Waals surface area contributed by atoms with Crippen molar-refractivity contribution in [2.45, 2.75) is 70.6 Å². The topological polar surface area (TPSA) is 25.8 Å². The van der Waals surface area contributed by atoms with Gasteiger partial charge in [-0.15, -0.1) is 0 Å². The van der Waals surface area contributed by atoms with Crippen LogP contribution in [0.25, 0.3) is 22.5 Å². The number of hydrogen-bond acceptors (Lipinski definition) is 2. The Labute approximate surface area is 194 Å². The average molecular weight is 453 g/mol. The molecule has 33 heavy (non-hydrogen) atoms. The molecule has 1 saturated carbocycles. The Balaban J connectivity index is 1.36. The fourth-order valence-electron chi connectivity index (χ4n) is 4.90. The molecule has 2 aromatic carbocycles. The molecular formula is C28H31F3N2. The van der Waals surface area contributed by atoms with E-state index in [9.17, 15) is 13.2 Å². The maximum Gasteiger partial charge on any atom is 0.194 e. The van der Waals surface area contributed by atoms with Gasteiger partial charge in [0.05, 0.1) is 0 Å². The average Bonchev–Trinajstić information content (AvgIpc) is 2.85. The van der Waals surface area contributed by atoms with Gasteiger partial charge >= 0.3 is 0 Å². The highest BCUT2D eigenvalue weighted by Gasteiger charge is 2.22. The minimum absolute atomic E-state index is 0.106. The second-order valence-corrected chi connectivity index (χ2v) is 9.24. The van der Waals surface area contributed by atoms with Crippen molar-refractivity contribution < 1.29 is 13.2 Å². The van der Waals surface area contributed by atoms with Crippen LogP contribution in [-0.2, 0) is 0 Å². The van der Waals surface area contributed by atoms with Crippen molar-refractivity contribution in [3.8, 4) is 22.5 Å². The Morgan fingerprint density at radius 2 is 1.39 bits per heavy atom. The van der Waals surface area contributed by atoms with Crippen LogP contribution >= 0.6 is 0 Å². The lowest BCUT2D eigenvalue weighted by atomic mass is 9.77. The summed E-state index contributed by atoms with van der Waals surface area (Å²) in [6.07, 6.45) is 15.2. The molecule has 1 fully saturated rings. The molecule has 1 aliphatic rings. The quantitative estimate of drug-likeness (QED) is 0.253. The second kappa shape index (κ2) is 11.0. The van der Waals surface area contributed by atoms with E-state index in [2.05, 4.69) is 41.2 Å². The Hall–Kier alpha value is -2.69. The summed E-state index contributed by atoms with van der Waals surface area (Å²) in [6.45, 7) is 2.26. The lowest BCUT2D eigenvalue weighted by Crippen LogP contribution is -2.13. The van der Waals surface area contributed by atoms with Gasteiger partial charge in [-0.1, -0.05) is 63.3 Å². The summed E-state index contributed by atoms with van der Waals surface area (Å²) in [5, 5.41) is 0. The molecule has 0 unspecified atom stereocenters. The van der Waals surface area contributed by atoms with Crippen molar-refractivity contribution in [2.24, 2.45) is 5.92 Å². The molecule has 1 aromatic heterocycles. The standard InChI is InChI=1S/C28H31F3N2/c1-2-3-4-5-6-19-7-9-20(10-8-19)21-11-13-22(14-12-21)24-17-32-28(33-18-24)23-15-25(29)27(31)26(30)16-23/h11-20H,2-10H2,1H3. The highest BCUT2D eigenvalue weighted by Crippen LogP contribution is 2.38. The second-order valence-electron chi connectivity index (χ2n) is 9.24. The molecule has 0 N–H and O–H groups in total. The molecule has 0 aliphatic heterocycles. The van der Waals surface area contributed by atoms with E-state index in [-0.39, 0.29) is 11.4 Å². The largest absolute Gasteiger partial charge is 0.236 e. The minimum atomic E-state index is -1.49. The van der Waals surface area contributed by atoms with E-state index in [0.29, 0.717) is 5.92 Å². The SMILES string of the molecule is CCCCCCC1CCC(c2ccc(-c3cnc(-c4cc(F)c(F)c(F)c4)nc3)cc2)CC1. The van der Waals surface area contributed by atoms with Crippen LogP contribution in [-0.4, -0.2) is 9.97 Å². The van der Waals surface area contributed by atoms with Crippen molar-refractivity contribution in [3.63, 3.8) is 0 Å². The van der Waals surface area contributed by atoms with Crippen molar-refractivity contribution in [3.05, 3.63) is 71.8 Å². The zero-order chi connectivity index (χ0) is 23.2. The van der Waals surface area contributed by atoms with Gasteiger partial charge in [0.25, 0.3) is 0 Å². The number of halogens is 3. The van der Waals surface area contributed by atoms with Crippen molar-refractivity contribution >= 4 is 0 Å². The Bertz CT molecular complexity index is 1020. The summed E-state index contributed by atoms with van der Waals surface area (Å²) < 4.78 is 40.2. The summed E-state index contributed by atoms with van der Waals surface area (Å²) in [5.74, 6) is -2.31. The molecule has 0 spiro atoms. The van der Waals surface area contributed by atoms with Crippen molar-refractivity contribution in [1.82, 2.24) is 9.97 Å². The van der Waals surface area contributed by atoms with E-state index in [1.54, 1.807) is 12.4 Å². The van der Waals surface area contributed by atoms with Gasteiger partial charge in [0.2, 0.25) is 0 Å². The molecular weight excluding hydrogens is 421 g/mol. The van der Waals surface area contributed by atoms with E-state index in [1.807, 2.05) is 0 Å². The van der Waals surface area contributed by atoms with E-state index in [1.165, 1.54) is 63.4 Å². The predicted molar refractivity (Wildman–Crippen MR) is 126 cm³/mol. The molecule has 0 atom stereocenters. The number of unbranched alkanes of at least 4 members (excludes halogenated alkanes) is 3. The lowest BCUT2D eigenvalue weighted by molar-refractivity contribution is 0.302. The van der Waals surface area contributed by atoms with E-state index in [0.717, 1.165) is 29.2 Å². The van der Waals surface area contributed by atoms with Crippen molar-refractivity contribution in [1.29, 1.82) is 0 Å². The molecule has 5 heteroatoms. The number of aromatic nitrogens is 2. The molecule has 1 heterocycles. The lowest BCUT2D eigenvalue weighted by Gasteiger charge is -2.29. The van der Waals surface area contributed by atoms with Gasteiger partial charge in [-0.3, -0.25) is 0 Å².